The Kier molecular flexibility index (Phi) is 5.65. The zero-order chi connectivity index (χ0) is 11.1. The number of nitrogens with two attached hydrogens (primary N) is 1. The van der Waals surface area contributed by atoms with Gasteiger partial charge in [-0.05, 0) is 32.2 Å². The SMILES string of the molecule is CCCOCC(=O)N(CCCN)C1CC1. The van der Waals surface area contributed by atoms with E-state index in [1.54, 1.807) is 0 Å². The second-order valence-electron chi connectivity index (χ2n) is 4.01. The van der Waals surface area contributed by atoms with E-state index in [0.29, 0.717) is 19.2 Å². The third-order valence-electron chi connectivity index (χ3n) is 2.49. The molecule has 0 unspecified atom stereocenters. The number of carbonyl (C=O) groups excluding carboxylic acids is 1. The normalized spacial score (nSPS) is 15.3. The van der Waals surface area contributed by atoms with Crippen molar-refractivity contribution in [3.63, 3.8) is 0 Å². The summed E-state index contributed by atoms with van der Waals surface area (Å²) in [6.07, 6.45) is 4.13. The summed E-state index contributed by atoms with van der Waals surface area (Å²) in [6, 6.07) is 0.467. The molecule has 0 saturated heterocycles. The third kappa shape index (κ3) is 4.62. The van der Waals surface area contributed by atoms with Crippen LogP contribution in [0.25, 0.3) is 0 Å². The summed E-state index contributed by atoms with van der Waals surface area (Å²) in [7, 11) is 0. The molecule has 0 atom stereocenters. The predicted octanol–water partition coefficient (Wildman–Crippen LogP) is 0.753. The van der Waals surface area contributed by atoms with Gasteiger partial charge < -0.3 is 15.4 Å². The van der Waals surface area contributed by atoms with Crippen LogP contribution in [0.5, 0.6) is 0 Å². The van der Waals surface area contributed by atoms with E-state index in [-0.39, 0.29) is 12.5 Å². The van der Waals surface area contributed by atoms with E-state index in [4.69, 9.17) is 10.5 Å². The van der Waals surface area contributed by atoms with Crippen LogP contribution in [-0.2, 0) is 9.53 Å². The summed E-state index contributed by atoms with van der Waals surface area (Å²) in [6.45, 7) is 4.37. The minimum atomic E-state index is 0.124. The molecule has 0 aromatic rings. The highest BCUT2D eigenvalue weighted by molar-refractivity contribution is 5.78. The van der Waals surface area contributed by atoms with Crippen LogP contribution < -0.4 is 5.73 Å². The van der Waals surface area contributed by atoms with Crippen molar-refractivity contribution in [1.29, 1.82) is 0 Å². The van der Waals surface area contributed by atoms with E-state index in [1.165, 1.54) is 0 Å². The average Bonchev–Trinajstić information content (AvgIpc) is 3.03. The fourth-order valence-electron chi connectivity index (χ4n) is 1.55. The van der Waals surface area contributed by atoms with Crippen molar-refractivity contribution >= 4 is 5.91 Å². The van der Waals surface area contributed by atoms with Crippen LogP contribution in [0.2, 0.25) is 0 Å². The first-order chi connectivity index (χ1) is 7.29. The molecule has 88 valence electrons. The maximum absolute atomic E-state index is 11.8. The first-order valence-corrected chi connectivity index (χ1v) is 5.86. The van der Waals surface area contributed by atoms with E-state index >= 15 is 0 Å². The van der Waals surface area contributed by atoms with Gasteiger partial charge in [0.05, 0.1) is 0 Å². The Morgan fingerprint density at radius 1 is 1.53 bits per heavy atom. The van der Waals surface area contributed by atoms with Gasteiger partial charge in [-0.25, -0.2) is 0 Å². The highest BCUT2D eigenvalue weighted by Gasteiger charge is 2.31. The van der Waals surface area contributed by atoms with Gasteiger partial charge in [-0.1, -0.05) is 6.92 Å². The van der Waals surface area contributed by atoms with Crippen LogP contribution in [0.3, 0.4) is 0 Å². The Hall–Kier alpha value is -0.610. The summed E-state index contributed by atoms with van der Waals surface area (Å²) in [5.41, 5.74) is 5.45. The lowest BCUT2D eigenvalue weighted by Gasteiger charge is -2.22. The first-order valence-electron chi connectivity index (χ1n) is 5.86. The molecule has 0 radical (unpaired) electrons. The Bertz CT molecular complexity index is 193. The van der Waals surface area contributed by atoms with Gasteiger partial charge in [-0.3, -0.25) is 4.79 Å². The minimum Gasteiger partial charge on any atom is -0.372 e. The number of ether oxygens (including phenoxy) is 1. The first kappa shape index (κ1) is 12.5. The third-order valence-corrected chi connectivity index (χ3v) is 2.49. The molecule has 1 aliphatic rings. The molecule has 0 spiro atoms. The average molecular weight is 214 g/mol. The maximum Gasteiger partial charge on any atom is 0.248 e. The van der Waals surface area contributed by atoms with Crippen molar-refractivity contribution in [2.24, 2.45) is 5.73 Å². The van der Waals surface area contributed by atoms with Crippen LogP contribution in [0.4, 0.5) is 0 Å². The molecule has 0 aromatic carbocycles. The number of rotatable bonds is 8. The van der Waals surface area contributed by atoms with Gasteiger partial charge in [-0.2, -0.15) is 0 Å². The molecule has 0 aromatic heterocycles. The zero-order valence-corrected chi connectivity index (χ0v) is 9.58. The van der Waals surface area contributed by atoms with Gasteiger partial charge in [0, 0.05) is 19.2 Å². The molecule has 0 bridgehead atoms. The molecule has 1 rings (SSSR count). The van der Waals surface area contributed by atoms with E-state index in [0.717, 1.165) is 32.2 Å². The Balaban J connectivity index is 2.24. The smallest absolute Gasteiger partial charge is 0.248 e. The lowest BCUT2D eigenvalue weighted by atomic mass is 10.3. The molecule has 15 heavy (non-hydrogen) atoms. The van der Waals surface area contributed by atoms with E-state index in [2.05, 4.69) is 0 Å². The van der Waals surface area contributed by atoms with Crippen molar-refractivity contribution in [3.8, 4) is 0 Å². The lowest BCUT2D eigenvalue weighted by Crippen LogP contribution is -2.37. The summed E-state index contributed by atoms with van der Waals surface area (Å²) in [5, 5.41) is 0. The number of hydrogen-bond donors (Lipinski definition) is 1. The largest absolute Gasteiger partial charge is 0.372 e. The van der Waals surface area contributed by atoms with Crippen LogP contribution in [0, 0.1) is 0 Å². The van der Waals surface area contributed by atoms with Crippen LogP contribution >= 0.6 is 0 Å². The monoisotopic (exact) mass is 214 g/mol. The van der Waals surface area contributed by atoms with Crippen molar-refractivity contribution in [1.82, 2.24) is 4.90 Å². The molecule has 4 nitrogen and oxygen atoms in total. The number of nitrogens with zero attached hydrogens (tertiary/aromatic N) is 1. The Morgan fingerprint density at radius 2 is 2.27 bits per heavy atom. The molecular formula is C11H22N2O2. The second kappa shape index (κ2) is 6.80. The summed E-state index contributed by atoms with van der Waals surface area (Å²) in [4.78, 5) is 13.7. The molecule has 2 N–H and O–H groups in total. The van der Waals surface area contributed by atoms with E-state index in [9.17, 15) is 4.79 Å². The summed E-state index contributed by atoms with van der Waals surface area (Å²) >= 11 is 0. The summed E-state index contributed by atoms with van der Waals surface area (Å²) in [5.74, 6) is 0.124. The molecule has 4 heteroatoms. The quantitative estimate of drug-likeness (QED) is 0.607. The van der Waals surface area contributed by atoms with Crippen LogP contribution in [-0.4, -0.2) is 43.2 Å². The maximum atomic E-state index is 11.8. The minimum absolute atomic E-state index is 0.124. The van der Waals surface area contributed by atoms with Crippen LogP contribution in [0.15, 0.2) is 0 Å². The lowest BCUT2D eigenvalue weighted by molar-refractivity contribution is -0.136. The van der Waals surface area contributed by atoms with E-state index in [1.807, 2.05) is 11.8 Å². The standard InChI is InChI=1S/C11H22N2O2/c1-2-8-15-9-11(14)13(7-3-6-12)10-4-5-10/h10H,2-9,12H2,1H3. The predicted molar refractivity (Wildman–Crippen MR) is 59.5 cm³/mol. The van der Waals surface area contributed by atoms with Crippen molar-refractivity contribution < 1.29 is 9.53 Å². The molecule has 1 fully saturated rings. The number of carbonyl (C=O) groups is 1. The van der Waals surface area contributed by atoms with Gasteiger partial charge >= 0.3 is 0 Å². The zero-order valence-electron chi connectivity index (χ0n) is 9.58. The molecule has 0 aliphatic heterocycles. The molecule has 1 saturated carbocycles. The number of hydrogen-bond acceptors (Lipinski definition) is 3. The Morgan fingerprint density at radius 3 is 2.80 bits per heavy atom. The van der Waals surface area contributed by atoms with Gasteiger partial charge in [-0.15, -0.1) is 0 Å². The molecule has 0 heterocycles. The molecule has 1 amide bonds. The number of amides is 1. The second-order valence-corrected chi connectivity index (χ2v) is 4.01. The fourth-order valence-corrected chi connectivity index (χ4v) is 1.55. The highest BCUT2D eigenvalue weighted by Crippen LogP contribution is 2.26. The van der Waals surface area contributed by atoms with Gasteiger partial charge in [0.2, 0.25) is 5.91 Å². The molecular weight excluding hydrogens is 192 g/mol. The fraction of sp³-hybridized carbons (Fsp3) is 0.909. The van der Waals surface area contributed by atoms with Crippen molar-refractivity contribution in [2.45, 2.75) is 38.6 Å². The van der Waals surface area contributed by atoms with E-state index < -0.39 is 0 Å². The topological polar surface area (TPSA) is 55.6 Å². The van der Waals surface area contributed by atoms with Gasteiger partial charge in [0.15, 0.2) is 0 Å². The highest BCUT2D eigenvalue weighted by atomic mass is 16.5. The van der Waals surface area contributed by atoms with Gasteiger partial charge in [0.25, 0.3) is 0 Å². The summed E-state index contributed by atoms with van der Waals surface area (Å²) < 4.78 is 5.26. The molecule has 1 aliphatic carbocycles. The van der Waals surface area contributed by atoms with Gasteiger partial charge in [0.1, 0.15) is 6.61 Å². The van der Waals surface area contributed by atoms with Crippen molar-refractivity contribution in [2.75, 3.05) is 26.3 Å². The Labute approximate surface area is 91.8 Å². The van der Waals surface area contributed by atoms with Crippen LogP contribution in [0.1, 0.15) is 32.6 Å². The van der Waals surface area contributed by atoms with Crippen molar-refractivity contribution in [3.05, 3.63) is 0 Å².